The number of carbonyl (C=O) groups excluding carboxylic acids is 2. The number of pyridine rings is 1. The van der Waals surface area contributed by atoms with Gasteiger partial charge in [0.25, 0.3) is 0 Å². The van der Waals surface area contributed by atoms with Crippen LogP contribution in [0.2, 0.25) is 0 Å². The van der Waals surface area contributed by atoms with Gasteiger partial charge in [-0.3, -0.25) is 4.79 Å². The minimum Gasteiger partial charge on any atom is -0.445 e. The number of piperidine rings is 1. The molecule has 4 rings (SSSR count). The molecular formula is C22H21F3N2O3. The lowest BCUT2D eigenvalue weighted by atomic mass is 9.86. The lowest BCUT2D eigenvalue weighted by molar-refractivity contribution is -0.141. The summed E-state index contributed by atoms with van der Waals surface area (Å²) < 4.78 is 44.2. The van der Waals surface area contributed by atoms with Gasteiger partial charge in [0.15, 0.2) is 5.78 Å². The van der Waals surface area contributed by atoms with Gasteiger partial charge in [-0.05, 0) is 43.4 Å². The Kier molecular flexibility index (Phi) is 5.49. The largest absolute Gasteiger partial charge is 0.445 e. The summed E-state index contributed by atoms with van der Waals surface area (Å²) in [6, 6.07) is 12.4. The molecule has 0 N–H and O–H groups in total. The fraction of sp³-hybridized carbons (Fsp3) is 0.409. The first kappa shape index (κ1) is 20.4. The van der Waals surface area contributed by atoms with Crippen molar-refractivity contribution in [3.8, 4) is 0 Å². The van der Waals surface area contributed by atoms with E-state index in [0.29, 0.717) is 12.8 Å². The van der Waals surface area contributed by atoms with E-state index in [4.69, 9.17) is 4.74 Å². The zero-order chi connectivity index (χ0) is 21.3. The highest BCUT2D eigenvalue weighted by Gasteiger charge is 2.46. The number of ether oxygens (including phenoxy) is 1. The highest BCUT2D eigenvalue weighted by atomic mass is 19.4. The first-order valence-electron chi connectivity index (χ1n) is 9.90. The van der Waals surface area contributed by atoms with E-state index >= 15 is 0 Å². The maximum Gasteiger partial charge on any atom is 0.433 e. The van der Waals surface area contributed by atoms with E-state index in [1.165, 1.54) is 12.1 Å². The molecule has 30 heavy (non-hydrogen) atoms. The summed E-state index contributed by atoms with van der Waals surface area (Å²) in [5, 5.41) is 0. The number of hydrogen-bond donors (Lipinski definition) is 0. The van der Waals surface area contributed by atoms with Crippen molar-refractivity contribution in [3.63, 3.8) is 0 Å². The van der Waals surface area contributed by atoms with Crippen LogP contribution in [0, 0.1) is 5.92 Å². The van der Waals surface area contributed by atoms with Gasteiger partial charge in [0.1, 0.15) is 18.0 Å². The Bertz CT molecular complexity index is 919. The predicted octanol–water partition coefficient (Wildman–Crippen LogP) is 4.86. The quantitative estimate of drug-likeness (QED) is 0.665. The zero-order valence-corrected chi connectivity index (χ0v) is 16.1. The standard InChI is InChI=1S/C22H21F3N2O3/c23-22(24,25)19-8-4-7-18(26-19)20(28)15-11-16-9-10-17(12-15)27(16)21(29)30-13-14-5-2-1-3-6-14/h1-8,15-17H,9-13H2. The van der Waals surface area contributed by atoms with Crippen LogP contribution >= 0.6 is 0 Å². The number of alkyl halides is 3. The number of amides is 1. The monoisotopic (exact) mass is 418 g/mol. The van der Waals surface area contributed by atoms with Crippen molar-refractivity contribution in [2.45, 2.75) is 50.6 Å². The highest BCUT2D eigenvalue weighted by molar-refractivity contribution is 5.96. The van der Waals surface area contributed by atoms with Crippen molar-refractivity contribution in [2.24, 2.45) is 5.92 Å². The summed E-state index contributed by atoms with van der Waals surface area (Å²) in [5.41, 5.74) is -0.355. The summed E-state index contributed by atoms with van der Waals surface area (Å²) in [6.45, 7) is 0.173. The molecule has 2 unspecified atom stereocenters. The second-order valence-electron chi connectivity index (χ2n) is 7.77. The molecule has 2 atom stereocenters. The summed E-state index contributed by atoms with van der Waals surface area (Å²) in [7, 11) is 0. The van der Waals surface area contributed by atoms with Gasteiger partial charge < -0.3 is 9.64 Å². The van der Waals surface area contributed by atoms with Crippen LogP contribution in [0.4, 0.5) is 18.0 Å². The number of Topliss-reactive ketones (excluding diaryl/α,β-unsaturated/α-hetero) is 1. The SMILES string of the molecule is O=C(c1cccc(C(F)(F)F)n1)C1CC2CCC(C1)N2C(=O)OCc1ccccc1. The van der Waals surface area contributed by atoms with Crippen molar-refractivity contribution in [1.29, 1.82) is 0 Å². The van der Waals surface area contributed by atoms with Gasteiger partial charge in [-0.25, -0.2) is 9.78 Å². The number of ketones is 1. The second kappa shape index (κ2) is 8.08. The average molecular weight is 418 g/mol. The molecule has 2 aliphatic heterocycles. The first-order chi connectivity index (χ1) is 14.3. The molecule has 1 amide bonds. The van der Waals surface area contributed by atoms with Gasteiger partial charge in [0.2, 0.25) is 0 Å². The molecule has 0 spiro atoms. The molecule has 5 nitrogen and oxygen atoms in total. The van der Waals surface area contributed by atoms with Crippen molar-refractivity contribution < 1.29 is 27.5 Å². The van der Waals surface area contributed by atoms with Crippen LogP contribution in [0.5, 0.6) is 0 Å². The number of carbonyl (C=O) groups is 2. The second-order valence-corrected chi connectivity index (χ2v) is 7.77. The van der Waals surface area contributed by atoms with Gasteiger partial charge in [-0.15, -0.1) is 0 Å². The molecular weight excluding hydrogens is 397 g/mol. The lowest BCUT2D eigenvalue weighted by Crippen LogP contribution is -2.48. The molecule has 2 saturated heterocycles. The van der Waals surface area contributed by atoms with Crippen LogP contribution in [-0.4, -0.2) is 33.8 Å². The number of aromatic nitrogens is 1. The van der Waals surface area contributed by atoms with Crippen LogP contribution < -0.4 is 0 Å². The molecule has 0 radical (unpaired) electrons. The van der Waals surface area contributed by atoms with E-state index in [1.807, 2.05) is 30.3 Å². The topological polar surface area (TPSA) is 59.5 Å². The molecule has 2 aromatic rings. The molecule has 1 aromatic carbocycles. The third-order valence-corrected chi connectivity index (χ3v) is 5.81. The molecule has 0 saturated carbocycles. The number of benzene rings is 1. The summed E-state index contributed by atoms with van der Waals surface area (Å²) in [5.74, 6) is -0.841. The maximum absolute atomic E-state index is 12.9. The number of hydrogen-bond acceptors (Lipinski definition) is 4. The van der Waals surface area contributed by atoms with Crippen molar-refractivity contribution in [2.75, 3.05) is 0 Å². The molecule has 8 heteroatoms. The van der Waals surface area contributed by atoms with E-state index in [9.17, 15) is 22.8 Å². The molecule has 158 valence electrons. The normalized spacial score (nSPS) is 23.3. The molecule has 2 bridgehead atoms. The van der Waals surface area contributed by atoms with Crippen LogP contribution in [0.15, 0.2) is 48.5 Å². The highest BCUT2D eigenvalue weighted by Crippen LogP contribution is 2.40. The Morgan fingerprint density at radius 2 is 1.67 bits per heavy atom. The molecule has 3 heterocycles. The van der Waals surface area contributed by atoms with Gasteiger partial charge >= 0.3 is 12.3 Å². The van der Waals surface area contributed by atoms with Crippen molar-refractivity contribution in [3.05, 3.63) is 65.5 Å². The minimum atomic E-state index is -4.60. The Hall–Kier alpha value is -2.90. The third-order valence-electron chi connectivity index (χ3n) is 5.81. The average Bonchev–Trinajstić information content (AvgIpc) is 3.01. The van der Waals surface area contributed by atoms with Gasteiger partial charge in [-0.2, -0.15) is 13.2 Å². The lowest BCUT2D eigenvalue weighted by Gasteiger charge is -2.37. The Morgan fingerprint density at radius 3 is 2.30 bits per heavy atom. The predicted molar refractivity (Wildman–Crippen MR) is 102 cm³/mol. The number of fused-ring (bicyclic) bond motifs is 2. The van der Waals surface area contributed by atoms with Crippen LogP contribution in [0.3, 0.4) is 0 Å². The minimum absolute atomic E-state index is 0.147. The number of halogens is 3. The van der Waals surface area contributed by atoms with Gasteiger partial charge in [0, 0.05) is 18.0 Å². The van der Waals surface area contributed by atoms with E-state index in [0.717, 1.165) is 24.5 Å². The van der Waals surface area contributed by atoms with Gasteiger partial charge in [0.05, 0.1) is 0 Å². The number of rotatable bonds is 4. The maximum atomic E-state index is 12.9. The molecule has 2 fully saturated rings. The Balaban J connectivity index is 1.41. The first-order valence-corrected chi connectivity index (χ1v) is 9.90. The summed E-state index contributed by atoms with van der Waals surface area (Å²) in [6.07, 6.45) is -2.67. The number of nitrogens with zero attached hydrogens (tertiary/aromatic N) is 2. The van der Waals surface area contributed by atoms with E-state index in [1.54, 1.807) is 4.90 Å². The smallest absolute Gasteiger partial charge is 0.433 e. The van der Waals surface area contributed by atoms with E-state index in [2.05, 4.69) is 4.98 Å². The zero-order valence-electron chi connectivity index (χ0n) is 16.1. The van der Waals surface area contributed by atoms with Crippen molar-refractivity contribution >= 4 is 11.9 Å². The Labute approximate surface area is 171 Å². The van der Waals surface area contributed by atoms with Gasteiger partial charge in [-0.1, -0.05) is 36.4 Å². The molecule has 0 aliphatic carbocycles. The summed E-state index contributed by atoms with van der Waals surface area (Å²) in [4.78, 5) is 30.7. The molecule has 1 aromatic heterocycles. The van der Waals surface area contributed by atoms with Crippen LogP contribution in [-0.2, 0) is 17.5 Å². The van der Waals surface area contributed by atoms with E-state index in [-0.39, 0.29) is 24.4 Å². The fourth-order valence-electron chi connectivity index (χ4n) is 4.42. The van der Waals surface area contributed by atoms with Crippen LogP contribution in [0.1, 0.15) is 47.4 Å². The third kappa shape index (κ3) is 4.17. The van der Waals surface area contributed by atoms with Crippen LogP contribution in [0.25, 0.3) is 0 Å². The summed E-state index contributed by atoms with van der Waals surface area (Å²) >= 11 is 0. The van der Waals surface area contributed by atoms with Crippen molar-refractivity contribution in [1.82, 2.24) is 9.88 Å². The fourth-order valence-corrected chi connectivity index (χ4v) is 4.42. The Morgan fingerprint density at radius 1 is 1.00 bits per heavy atom. The molecule has 2 aliphatic rings. The van der Waals surface area contributed by atoms with E-state index < -0.39 is 29.7 Å².